The van der Waals surface area contributed by atoms with E-state index in [2.05, 4.69) is 19.2 Å². The summed E-state index contributed by atoms with van der Waals surface area (Å²) in [7, 11) is 0. The van der Waals surface area contributed by atoms with Crippen molar-refractivity contribution in [2.45, 2.75) is 44.7 Å². The molecule has 11 heavy (non-hydrogen) atoms. The topological polar surface area (TPSA) is 38.0 Å². The first-order valence-electron chi connectivity index (χ1n) is 4.13. The SMILES string of the molecule is CC(C)(N)[C@@H]1CCCCN1.Cl. The lowest BCUT2D eigenvalue weighted by Gasteiger charge is -2.34. The highest BCUT2D eigenvalue weighted by Gasteiger charge is 2.25. The summed E-state index contributed by atoms with van der Waals surface area (Å²) in [5, 5.41) is 3.43. The molecule has 0 aromatic carbocycles. The van der Waals surface area contributed by atoms with Crippen molar-refractivity contribution >= 4 is 12.4 Å². The van der Waals surface area contributed by atoms with E-state index in [4.69, 9.17) is 5.73 Å². The second-order valence-corrected chi connectivity index (χ2v) is 3.82. The van der Waals surface area contributed by atoms with Gasteiger partial charge in [-0.05, 0) is 33.2 Å². The Morgan fingerprint density at radius 2 is 2.00 bits per heavy atom. The maximum Gasteiger partial charge on any atom is 0.0252 e. The zero-order valence-corrected chi connectivity index (χ0v) is 8.21. The third-order valence-electron chi connectivity index (χ3n) is 2.21. The standard InChI is InChI=1S/C8H18N2.ClH/c1-8(2,9)7-5-3-4-6-10-7;/h7,10H,3-6,9H2,1-2H3;1H/t7-;/m0./s1. The first kappa shape index (κ1) is 11.2. The average molecular weight is 179 g/mol. The highest BCUT2D eigenvalue weighted by molar-refractivity contribution is 5.85. The van der Waals surface area contributed by atoms with Gasteiger partial charge in [0.1, 0.15) is 0 Å². The van der Waals surface area contributed by atoms with Gasteiger partial charge in [-0.1, -0.05) is 6.42 Å². The molecule has 1 fully saturated rings. The van der Waals surface area contributed by atoms with Gasteiger partial charge in [-0.15, -0.1) is 12.4 Å². The van der Waals surface area contributed by atoms with E-state index in [-0.39, 0.29) is 17.9 Å². The molecule has 0 amide bonds. The summed E-state index contributed by atoms with van der Waals surface area (Å²) < 4.78 is 0. The van der Waals surface area contributed by atoms with Crippen molar-refractivity contribution in [2.24, 2.45) is 5.73 Å². The molecule has 68 valence electrons. The summed E-state index contributed by atoms with van der Waals surface area (Å²) in [6.45, 7) is 5.33. The summed E-state index contributed by atoms with van der Waals surface area (Å²) in [6, 6.07) is 0.529. The van der Waals surface area contributed by atoms with Crippen LogP contribution in [0.5, 0.6) is 0 Å². The van der Waals surface area contributed by atoms with E-state index in [0.29, 0.717) is 6.04 Å². The molecule has 1 rings (SSSR count). The third-order valence-corrected chi connectivity index (χ3v) is 2.21. The van der Waals surface area contributed by atoms with Crippen molar-refractivity contribution in [3.63, 3.8) is 0 Å². The van der Waals surface area contributed by atoms with Gasteiger partial charge in [0.25, 0.3) is 0 Å². The molecule has 3 heteroatoms. The number of hydrogen-bond acceptors (Lipinski definition) is 2. The first-order valence-corrected chi connectivity index (χ1v) is 4.13. The van der Waals surface area contributed by atoms with Crippen molar-refractivity contribution in [3.8, 4) is 0 Å². The number of piperidine rings is 1. The Bertz CT molecular complexity index is 103. The maximum absolute atomic E-state index is 5.95. The van der Waals surface area contributed by atoms with Gasteiger partial charge in [-0.3, -0.25) is 0 Å². The lowest BCUT2D eigenvalue weighted by molar-refractivity contribution is 0.286. The van der Waals surface area contributed by atoms with Gasteiger partial charge in [0.15, 0.2) is 0 Å². The Morgan fingerprint density at radius 3 is 2.27 bits per heavy atom. The molecule has 0 aliphatic carbocycles. The highest BCUT2D eigenvalue weighted by Crippen LogP contribution is 2.15. The predicted molar refractivity (Wildman–Crippen MR) is 51.2 cm³/mol. The van der Waals surface area contributed by atoms with Crippen LogP contribution in [0.1, 0.15) is 33.1 Å². The smallest absolute Gasteiger partial charge is 0.0252 e. The maximum atomic E-state index is 5.95. The van der Waals surface area contributed by atoms with Crippen molar-refractivity contribution in [2.75, 3.05) is 6.54 Å². The van der Waals surface area contributed by atoms with Gasteiger partial charge in [0.2, 0.25) is 0 Å². The molecule has 1 heterocycles. The number of rotatable bonds is 1. The van der Waals surface area contributed by atoms with Crippen LogP contribution in [0, 0.1) is 0 Å². The number of nitrogens with two attached hydrogens (primary N) is 1. The quantitative estimate of drug-likeness (QED) is 0.635. The zero-order chi connectivity index (χ0) is 7.61. The van der Waals surface area contributed by atoms with E-state index in [1.54, 1.807) is 0 Å². The second kappa shape index (κ2) is 4.29. The lowest BCUT2D eigenvalue weighted by Crippen LogP contribution is -2.54. The summed E-state index contributed by atoms with van der Waals surface area (Å²) in [4.78, 5) is 0. The van der Waals surface area contributed by atoms with Crippen LogP contribution < -0.4 is 11.1 Å². The van der Waals surface area contributed by atoms with Crippen LogP contribution >= 0.6 is 12.4 Å². The monoisotopic (exact) mass is 178 g/mol. The summed E-state index contributed by atoms with van der Waals surface area (Å²) in [5.74, 6) is 0. The van der Waals surface area contributed by atoms with Gasteiger partial charge in [0.05, 0.1) is 0 Å². The van der Waals surface area contributed by atoms with Crippen LogP contribution in [0.4, 0.5) is 0 Å². The number of nitrogens with one attached hydrogen (secondary N) is 1. The third kappa shape index (κ3) is 3.41. The Balaban J connectivity index is 0.000001000. The Morgan fingerprint density at radius 1 is 1.36 bits per heavy atom. The molecule has 0 aromatic rings. The Labute approximate surface area is 75.3 Å². The molecule has 0 saturated carbocycles. The predicted octanol–water partition coefficient (Wildman–Crippen LogP) is 1.29. The number of hydrogen-bond donors (Lipinski definition) is 2. The molecule has 0 aromatic heterocycles. The van der Waals surface area contributed by atoms with E-state index < -0.39 is 0 Å². The van der Waals surface area contributed by atoms with Gasteiger partial charge in [-0.2, -0.15) is 0 Å². The van der Waals surface area contributed by atoms with Gasteiger partial charge in [-0.25, -0.2) is 0 Å². The lowest BCUT2D eigenvalue weighted by atomic mass is 9.89. The molecule has 1 saturated heterocycles. The molecule has 0 unspecified atom stereocenters. The minimum atomic E-state index is -0.0412. The molecule has 1 aliphatic rings. The van der Waals surface area contributed by atoms with Crippen molar-refractivity contribution in [3.05, 3.63) is 0 Å². The molecule has 1 atom stereocenters. The normalized spacial score (nSPS) is 25.9. The van der Waals surface area contributed by atoms with Crippen LogP contribution in [0.2, 0.25) is 0 Å². The zero-order valence-electron chi connectivity index (χ0n) is 7.39. The van der Waals surface area contributed by atoms with Crippen molar-refractivity contribution < 1.29 is 0 Å². The molecule has 3 N–H and O–H groups in total. The van der Waals surface area contributed by atoms with Gasteiger partial charge < -0.3 is 11.1 Å². The molecule has 0 spiro atoms. The number of halogens is 1. The van der Waals surface area contributed by atoms with Crippen LogP contribution in [-0.4, -0.2) is 18.1 Å². The molecular weight excluding hydrogens is 160 g/mol. The fourth-order valence-corrected chi connectivity index (χ4v) is 1.49. The van der Waals surface area contributed by atoms with E-state index in [0.717, 1.165) is 6.54 Å². The van der Waals surface area contributed by atoms with Crippen LogP contribution in [-0.2, 0) is 0 Å². The molecule has 1 aliphatic heterocycles. The van der Waals surface area contributed by atoms with Crippen LogP contribution in [0.15, 0.2) is 0 Å². The molecule has 0 bridgehead atoms. The Hall–Kier alpha value is 0.210. The van der Waals surface area contributed by atoms with Crippen LogP contribution in [0.3, 0.4) is 0 Å². The van der Waals surface area contributed by atoms with Gasteiger partial charge >= 0.3 is 0 Å². The van der Waals surface area contributed by atoms with E-state index in [1.165, 1.54) is 19.3 Å². The average Bonchev–Trinajstić information content (AvgIpc) is 1.88. The van der Waals surface area contributed by atoms with Crippen molar-refractivity contribution in [1.82, 2.24) is 5.32 Å². The highest BCUT2D eigenvalue weighted by atomic mass is 35.5. The van der Waals surface area contributed by atoms with Crippen LogP contribution in [0.25, 0.3) is 0 Å². The first-order chi connectivity index (χ1) is 4.61. The fourth-order valence-electron chi connectivity index (χ4n) is 1.49. The minimum absolute atomic E-state index is 0. The van der Waals surface area contributed by atoms with E-state index in [9.17, 15) is 0 Å². The van der Waals surface area contributed by atoms with Gasteiger partial charge in [0, 0.05) is 11.6 Å². The minimum Gasteiger partial charge on any atom is -0.324 e. The van der Waals surface area contributed by atoms with Crippen molar-refractivity contribution in [1.29, 1.82) is 0 Å². The largest absolute Gasteiger partial charge is 0.324 e. The Kier molecular flexibility index (Phi) is 4.37. The molecular formula is C8H19ClN2. The fraction of sp³-hybridized carbons (Fsp3) is 1.00. The molecule has 0 radical (unpaired) electrons. The molecule has 2 nitrogen and oxygen atoms in total. The second-order valence-electron chi connectivity index (χ2n) is 3.82. The van der Waals surface area contributed by atoms with E-state index in [1.807, 2.05) is 0 Å². The summed E-state index contributed by atoms with van der Waals surface area (Å²) in [6.07, 6.45) is 3.88. The summed E-state index contributed by atoms with van der Waals surface area (Å²) in [5.41, 5.74) is 5.91. The van der Waals surface area contributed by atoms with E-state index >= 15 is 0 Å². The summed E-state index contributed by atoms with van der Waals surface area (Å²) >= 11 is 0.